The van der Waals surface area contributed by atoms with Gasteiger partial charge >= 0.3 is 0 Å². The van der Waals surface area contributed by atoms with Crippen molar-refractivity contribution in [3.05, 3.63) is 74.6 Å². The van der Waals surface area contributed by atoms with Crippen LogP contribution in [0, 0.1) is 5.92 Å². The van der Waals surface area contributed by atoms with Crippen LogP contribution in [0.25, 0.3) is 0 Å². The average molecular weight is 435 g/mol. The molecule has 2 aromatic heterocycles. The summed E-state index contributed by atoms with van der Waals surface area (Å²) in [6, 6.07) is 13.7. The molecule has 0 unspecified atom stereocenters. The van der Waals surface area contributed by atoms with E-state index >= 15 is 0 Å². The minimum absolute atomic E-state index is 0.0777. The Hall–Kier alpha value is -2.00. The third-order valence-corrected chi connectivity index (χ3v) is 7.46. The van der Waals surface area contributed by atoms with Gasteiger partial charge in [-0.1, -0.05) is 32.0 Å². The van der Waals surface area contributed by atoms with Gasteiger partial charge in [-0.25, -0.2) is 13.1 Å². The smallest absolute Gasteiger partial charge is 0.251 e. The molecule has 148 valence electrons. The van der Waals surface area contributed by atoms with Crippen molar-refractivity contribution in [2.24, 2.45) is 5.92 Å². The lowest BCUT2D eigenvalue weighted by Crippen LogP contribution is -2.31. The maximum Gasteiger partial charge on any atom is 0.251 e. The number of benzene rings is 1. The van der Waals surface area contributed by atoms with E-state index in [1.54, 1.807) is 23.5 Å². The highest BCUT2D eigenvalue weighted by molar-refractivity contribution is 7.89. The standard InChI is InChI=1S/C20H22N2O3S3/c1-14(2)19(18-9-5-11-27-18)22-20(23)15-6-3-8-17(12-15)28(24,25)21-13-16-7-4-10-26-16/h3-12,14,19,21H,13H2,1-2H3,(H,22,23)/t19-/m0/s1. The molecular weight excluding hydrogens is 412 g/mol. The van der Waals surface area contributed by atoms with Crippen LogP contribution in [0.1, 0.15) is 40.0 Å². The Labute approximate surface area is 173 Å². The molecule has 0 aliphatic carbocycles. The second kappa shape index (κ2) is 9.00. The number of carbonyl (C=O) groups excluding carboxylic acids is 1. The van der Waals surface area contributed by atoms with Gasteiger partial charge in [0.05, 0.1) is 10.9 Å². The van der Waals surface area contributed by atoms with E-state index in [9.17, 15) is 13.2 Å². The van der Waals surface area contributed by atoms with Crippen LogP contribution in [-0.4, -0.2) is 14.3 Å². The van der Waals surface area contributed by atoms with Crippen LogP contribution < -0.4 is 10.0 Å². The first-order valence-electron chi connectivity index (χ1n) is 8.83. The fourth-order valence-electron chi connectivity index (χ4n) is 2.73. The highest BCUT2D eigenvalue weighted by atomic mass is 32.2. The van der Waals surface area contributed by atoms with Crippen molar-refractivity contribution in [3.8, 4) is 0 Å². The van der Waals surface area contributed by atoms with E-state index in [-0.39, 0.29) is 29.3 Å². The molecule has 1 aromatic carbocycles. The Bertz CT molecular complexity index is 1010. The number of hydrogen-bond acceptors (Lipinski definition) is 5. The summed E-state index contributed by atoms with van der Waals surface area (Å²) in [5.41, 5.74) is 0.321. The van der Waals surface area contributed by atoms with Gasteiger partial charge in [0, 0.05) is 21.9 Å². The average Bonchev–Trinajstić information content (AvgIpc) is 3.38. The van der Waals surface area contributed by atoms with E-state index in [1.807, 2.05) is 48.9 Å². The molecular formula is C20H22N2O3S3. The van der Waals surface area contributed by atoms with E-state index in [0.29, 0.717) is 5.56 Å². The number of amides is 1. The topological polar surface area (TPSA) is 75.3 Å². The number of thiophene rings is 2. The SMILES string of the molecule is CC(C)[C@H](NC(=O)c1cccc(S(=O)(=O)NCc2cccs2)c1)c1cccs1. The van der Waals surface area contributed by atoms with E-state index in [0.717, 1.165) is 9.75 Å². The molecule has 0 aliphatic rings. The summed E-state index contributed by atoms with van der Waals surface area (Å²) < 4.78 is 27.7. The molecule has 0 spiro atoms. The van der Waals surface area contributed by atoms with Gasteiger partial charge in [-0.2, -0.15) is 0 Å². The second-order valence-electron chi connectivity index (χ2n) is 6.64. The summed E-state index contributed by atoms with van der Waals surface area (Å²) in [7, 11) is -3.70. The highest BCUT2D eigenvalue weighted by Crippen LogP contribution is 2.26. The lowest BCUT2D eigenvalue weighted by Gasteiger charge is -2.21. The molecule has 1 amide bonds. The van der Waals surface area contributed by atoms with Crippen LogP contribution in [-0.2, 0) is 16.6 Å². The van der Waals surface area contributed by atoms with Crippen molar-refractivity contribution in [3.63, 3.8) is 0 Å². The number of rotatable bonds is 8. The summed E-state index contributed by atoms with van der Waals surface area (Å²) in [5, 5.41) is 6.90. The molecule has 5 nitrogen and oxygen atoms in total. The predicted octanol–water partition coefficient (Wildman–Crippen LogP) is 4.42. The van der Waals surface area contributed by atoms with E-state index < -0.39 is 10.0 Å². The van der Waals surface area contributed by atoms with E-state index in [1.165, 1.54) is 23.5 Å². The largest absolute Gasteiger partial charge is 0.344 e. The molecule has 0 radical (unpaired) electrons. The van der Waals surface area contributed by atoms with Crippen molar-refractivity contribution < 1.29 is 13.2 Å². The molecule has 1 atom stereocenters. The van der Waals surface area contributed by atoms with Crippen LogP contribution in [0.3, 0.4) is 0 Å². The quantitative estimate of drug-likeness (QED) is 0.551. The van der Waals surface area contributed by atoms with Crippen LogP contribution in [0.15, 0.2) is 64.2 Å². The molecule has 0 saturated carbocycles. The van der Waals surface area contributed by atoms with Crippen molar-refractivity contribution in [2.75, 3.05) is 0 Å². The van der Waals surface area contributed by atoms with Gasteiger partial charge in [0.25, 0.3) is 5.91 Å². The van der Waals surface area contributed by atoms with Gasteiger partial charge in [-0.15, -0.1) is 22.7 Å². The van der Waals surface area contributed by atoms with Crippen LogP contribution >= 0.6 is 22.7 Å². The van der Waals surface area contributed by atoms with Gasteiger partial charge in [-0.3, -0.25) is 4.79 Å². The lowest BCUT2D eigenvalue weighted by atomic mass is 10.0. The highest BCUT2D eigenvalue weighted by Gasteiger charge is 2.21. The molecule has 0 fully saturated rings. The first-order chi connectivity index (χ1) is 13.4. The molecule has 2 N–H and O–H groups in total. The summed E-state index contributed by atoms with van der Waals surface area (Å²) >= 11 is 3.07. The lowest BCUT2D eigenvalue weighted by molar-refractivity contribution is 0.0926. The van der Waals surface area contributed by atoms with Crippen molar-refractivity contribution in [1.82, 2.24) is 10.0 Å². The molecule has 0 saturated heterocycles. The zero-order chi connectivity index (χ0) is 20.1. The monoisotopic (exact) mass is 434 g/mol. The van der Waals surface area contributed by atoms with Gasteiger partial charge < -0.3 is 5.32 Å². The van der Waals surface area contributed by atoms with Crippen LogP contribution in [0.2, 0.25) is 0 Å². The fraction of sp³-hybridized carbons (Fsp3) is 0.250. The zero-order valence-electron chi connectivity index (χ0n) is 15.6. The van der Waals surface area contributed by atoms with Gasteiger partial charge in [0.2, 0.25) is 10.0 Å². The van der Waals surface area contributed by atoms with Gasteiger partial charge in [-0.05, 0) is 47.0 Å². The Kier molecular flexibility index (Phi) is 6.66. The van der Waals surface area contributed by atoms with E-state index in [4.69, 9.17) is 0 Å². The summed E-state index contributed by atoms with van der Waals surface area (Å²) in [6.07, 6.45) is 0. The summed E-state index contributed by atoms with van der Waals surface area (Å²) in [5.74, 6) is -0.0793. The molecule has 2 heterocycles. The predicted molar refractivity (Wildman–Crippen MR) is 114 cm³/mol. The Morgan fingerprint density at radius 1 is 1.04 bits per heavy atom. The third-order valence-electron chi connectivity index (χ3n) is 4.23. The van der Waals surface area contributed by atoms with Gasteiger partial charge in [0.1, 0.15) is 0 Å². The first-order valence-corrected chi connectivity index (χ1v) is 12.1. The van der Waals surface area contributed by atoms with Gasteiger partial charge in [0.15, 0.2) is 0 Å². The second-order valence-corrected chi connectivity index (χ2v) is 10.4. The minimum Gasteiger partial charge on any atom is -0.344 e. The molecule has 0 bridgehead atoms. The Morgan fingerprint density at radius 3 is 2.43 bits per heavy atom. The van der Waals surface area contributed by atoms with Crippen molar-refractivity contribution >= 4 is 38.6 Å². The zero-order valence-corrected chi connectivity index (χ0v) is 18.0. The molecule has 3 rings (SSSR count). The number of nitrogens with one attached hydrogen (secondary N) is 2. The Balaban J connectivity index is 1.75. The third kappa shape index (κ3) is 5.08. The number of hydrogen-bond donors (Lipinski definition) is 2. The fourth-order valence-corrected chi connectivity index (χ4v) is 5.46. The molecule has 0 aliphatic heterocycles. The first kappa shape index (κ1) is 20.7. The number of carbonyl (C=O) groups is 1. The normalized spacial score (nSPS) is 12.8. The number of sulfonamides is 1. The molecule has 8 heteroatoms. The van der Waals surface area contributed by atoms with Crippen molar-refractivity contribution in [1.29, 1.82) is 0 Å². The van der Waals surface area contributed by atoms with E-state index in [2.05, 4.69) is 10.0 Å². The van der Waals surface area contributed by atoms with Crippen LogP contribution in [0.5, 0.6) is 0 Å². The summed E-state index contributed by atoms with van der Waals surface area (Å²) in [4.78, 5) is 14.8. The molecule has 3 aromatic rings. The van der Waals surface area contributed by atoms with Crippen molar-refractivity contribution in [2.45, 2.75) is 31.3 Å². The van der Waals surface area contributed by atoms with Crippen LogP contribution in [0.4, 0.5) is 0 Å². The molecule has 28 heavy (non-hydrogen) atoms. The Morgan fingerprint density at radius 2 is 1.79 bits per heavy atom. The minimum atomic E-state index is -3.70. The maximum absolute atomic E-state index is 12.8. The summed E-state index contributed by atoms with van der Waals surface area (Å²) in [6.45, 7) is 4.31. The maximum atomic E-state index is 12.8.